The summed E-state index contributed by atoms with van der Waals surface area (Å²) in [5.41, 5.74) is 2.53. The molecule has 1 saturated heterocycles. The third-order valence-corrected chi connectivity index (χ3v) is 8.24. The monoisotopic (exact) mass is 479 g/mol. The van der Waals surface area contributed by atoms with Gasteiger partial charge in [0.2, 0.25) is 15.9 Å². The predicted octanol–water partition coefficient (Wildman–Crippen LogP) is 3.11. The second kappa shape index (κ2) is 9.95. The van der Waals surface area contributed by atoms with Crippen molar-refractivity contribution < 1.29 is 18.0 Å². The quantitative estimate of drug-likeness (QED) is 0.589. The van der Waals surface area contributed by atoms with Crippen LogP contribution in [0.25, 0.3) is 10.8 Å². The van der Waals surface area contributed by atoms with Gasteiger partial charge in [-0.25, -0.2) is 8.42 Å². The second-order valence-corrected chi connectivity index (χ2v) is 10.5. The van der Waals surface area contributed by atoms with Gasteiger partial charge in [-0.2, -0.15) is 4.31 Å². The molecule has 0 spiro atoms. The van der Waals surface area contributed by atoms with Crippen molar-refractivity contribution >= 4 is 32.6 Å². The number of carbonyl (C=O) groups excluding carboxylic acids is 2. The summed E-state index contributed by atoms with van der Waals surface area (Å²) in [6, 6.07) is 18.5. The molecular weight excluding hydrogens is 450 g/mol. The highest BCUT2D eigenvalue weighted by atomic mass is 32.2. The van der Waals surface area contributed by atoms with Crippen molar-refractivity contribution in [2.75, 3.05) is 32.7 Å². The number of amides is 2. The molecule has 1 heterocycles. The van der Waals surface area contributed by atoms with Crippen molar-refractivity contribution in [1.82, 2.24) is 14.5 Å². The first kappa shape index (κ1) is 23.9. The Morgan fingerprint density at radius 2 is 1.56 bits per heavy atom. The van der Waals surface area contributed by atoms with Gasteiger partial charge in [0.1, 0.15) is 0 Å². The van der Waals surface area contributed by atoms with Crippen LogP contribution in [0.1, 0.15) is 27.9 Å². The van der Waals surface area contributed by atoms with Gasteiger partial charge in [0, 0.05) is 44.7 Å². The molecule has 1 aliphatic heterocycles. The molecule has 34 heavy (non-hydrogen) atoms. The van der Waals surface area contributed by atoms with E-state index in [9.17, 15) is 18.0 Å². The van der Waals surface area contributed by atoms with E-state index in [4.69, 9.17) is 0 Å². The molecule has 7 nitrogen and oxygen atoms in total. The van der Waals surface area contributed by atoms with E-state index in [1.165, 1.54) is 4.31 Å². The topological polar surface area (TPSA) is 86.8 Å². The number of benzene rings is 3. The molecule has 178 valence electrons. The lowest BCUT2D eigenvalue weighted by Gasteiger charge is -2.34. The van der Waals surface area contributed by atoms with E-state index in [1.54, 1.807) is 23.1 Å². The zero-order chi connectivity index (χ0) is 24.3. The van der Waals surface area contributed by atoms with Gasteiger partial charge in [0.05, 0.1) is 4.90 Å². The summed E-state index contributed by atoms with van der Waals surface area (Å²) in [6.45, 7) is 5.24. The van der Waals surface area contributed by atoms with E-state index in [-0.39, 0.29) is 42.8 Å². The minimum absolute atomic E-state index is 0.0953. The van der Waals surface area contributed by atoms with Crippen LogP contribution in [0.4, 0.5) is 0 Å². The molecular formula is C26H29N3O4S. The average molecular weight is 480 g/mol. The molecule has 8 heteroatoms. The average Bonchev–Trinajstić information content (AvgIpc) is 2.85. The van der Waals surface area contributed by atoms with Crippen molar-refractivity contribution in [2.24, 2.45) is 0 Å². The molecule has 0 atom stereocenters. The van der Waals surface area contributed by atoms with Gasteiger partial charge >= 0.3 is 0 Å². The van der Waals surface area contributed by atoms with Crippen LogP contribution < -0.4 is 5.32 Å². The Bertz CT molecular complexity index is 1330. The summed E-state index contributed by atoms with van der Waals surface area (Å²) in [5, 5.41) is 4.85. The minimum Gasteiger partial charge on any atom is -0.352 e. The number of aryl methyl sites for hydroxylation is 2. The van der Waals surface area contributed by atoms with Gasteiger partial charge in [-0.3, -0.25) is 9.59 Å². The van der Waals surface area contributed by atoms with Crippen molar-refractivity contribution in [1.29, 1.82) is 0 Å². The van der Waals surface area contributed by atoms with Gasteiger partial charge in [0.15, 0.2) is 0 Å². The maximum atomic E-state index is 13.0. The lowest BCUT2D eigenvalue weighted by atomic mass is 10.1. The standard InChI is InChI=1S/C26H29N3O4S/c1-19-7-10-24(17-20(19)2)34(32,33)29-15-13-28(14-16-29)25(30)11-12-27-26(31)23-9-8-21-5-3-4-6-22(21)18-23/h3-10,17-18H,11-16H2,1-2H3,(H,27,31). The Morgan fingerprint density at radius 3 is 2.26 bits per heavy atom. The fourth-order valence-electron chi connectivity index (χ4n) is 4.07. The molecule has 2 amide bonds. The van der Waals surface area contributed by atoms with E-state index in [0.29, 0.717) is 18.7 Å². The number of hydrogen-bond donors (Lipinski definition) is 1. The second-order valence-electron chi connectivity index (χ2n) is 8.60. The Labute approximate surface area is 200 Å². The van der Waals surface area contributed by atoms with Crippen molar-refractivity contribution in [3.8, 4) is 0 Å². The third kappa shape index (κ3) is 5.13. The van der Waals surface area contributed by atoms with Gasteiger partial charge in [0.25, 0.3) is 5.91 Å². The summed E-state index contributed by atoms with van der Waals surface area (Å²) in [4.78, 5) is 27.0. The SMILES string of the molecule is Cc1ccc(S(=O)(=O)N2CCN(C(=O)CCNC(=O)c3ccc4ccccc4c3)CC2)cc1C. The maximum Gasteiger partial charge on any atom is 0.251 e. The molecule has 0 unspecified atom stereocenters. The summed E-state index contributed by atoms with van der Waals surface area (Å²) in [5.74, 6) is -0.315. The van der Waals surface area contributed by atoms with E-state index in [2.05, 4.69) is 5.32 Å². The highest BCUT2D eigenvalue weighted by Gasteiger charge is 2.30. The number of piperazine rings is 1. The Hall–Kier alpha value is -3.23. The van der Waals surface area contributed by atoms with Crippen LogP contribution in [0.3, 0.4) is 0 Å². The molecule has 0 saturated carbocycles. The smallest absolute Gasteiger partial charge is 0.251 e. The summed E-state index contributed by atoms with van der Waals surface area (Å²) in [7, 11) is -3.59. The molecule has 0 aromatic heterocycles. The number of hydrogen-bond acceptors (Lipinski definition) is 4. The minimum atomic E-state index is -3.59. The first-order valence-corrected chi connectivity index (χ1v) is 12.8. The van der Waals surface area contributed by atoms with Crippen LogP contribution in [0.5, 0.6) is 0 Å². The van der Waals surface area contributed by atoms with Crippen LogP contribution >= 0.6 is 0 Å². The van der Waals surface area contributed by atoms with Crippen molar-refractivity contribution in [3.05, 3.63) is 77.4 Å². The number of nitrogens with one attached hydrogen (secondary N) is 1. The molecule has 1 aliphatic rings. The molecule has 3 aromatic rings. The van der Waals surface area contributed by atoms with Gasteiger partial charge < -0.3 is 10.2 Å². The van der Waals surface area contributed by atoms with Crippen LogP contribution in [0.15, 0.2) is 65.6 Å². The fourth-order valence-corrected chi connectivity index (χ4v) is 5.58. The number of sulfonamides is 1. The Morgan fingerprint density at radius 1 is 0.853 bits per heavy atom. The first-order chi connectivity index (χ1) is 16.3. The highest BCUT2D eigenvalue weighted by Crippen LogP contribution is 2.21. The molecule has 1 fully saturated rings. The lowest BCUT2D eigenvalue weighted by Crippen LogP contribution is -2.50. The van der Waals surface area contributed by atoms with E-state index < -0.39 is 10.0 Å². The van der Waals surface area contributed by atoms with Gasteiger partial charge in [-0.1, -0.05) is 36.4 Å². The molecule has 3 aromatic carbocycles. The molecule has 0 radical (unpaired) electrons. The molecule has 0 aliphatic carbocycles. The largest absolute Gasteiger partial charge is 0.352 e. The fraction of sp³-hybridized carbons (Fsp3) is 0.308. The normalized spacial score (nSPS) is 14.8. The molecule has 0 bridgehead atoms. The summed E-state index contributed by atoms with van der Waals surface area (Å²) >= 11 is 0. The van der Waals surface area contributed by atoms with Crippen LogP contribution in [0, 0.1) is 13.8 Å². The lowest BCUT2D eigenvalue weighted by molar-refractivity contribution is -0.132. The zero-order valence-corrected chi connectivity index (χ0v) is 20.3. The van der Waals surface area contributed by atoms with Crippen LogP contribution in [0.2, 0.25) is 0 Å². The van der Waals surface area contributed by atoms with Crippen LogP contribution in [-0.2, 0) is 14.8 Å². The Balaban J connectivity index is 1.27. The molecule has 4 rings (SSSR count). The zero-order valence-electron chi connectivity index (χ0n) is 19.5. The van der Waals surface area contributed by atoms with Crippen molar-refractivity contribution in [3.63, 3.8) is 0 Å². The number of nitrogens with zero attached hydrogens (tertiary/aromatic N) is 2. The summed E-state index contributed by atoms with van der Waals surface area (Å²) in [6.07, 6.45) is 0.170. The maximum absolute atomic E-state index is 13.0. The van der Waals surface area contributed by atoms with Crippen molar-refractivity contribution in [2.45, 2.75) is 25.2 Å². The van der Waals surface area contributed by atoms with E-state index in [0.717, 1.165) is 21.9 Å². The number of rotatable bonds is 6. The van der Waals surface area contributed by atoms with Gasteiger partial charge in [-0.05, 0) is 60.0 Å². The Kier molecular flexibility index (Phi) is 7.00. The summed E-state index contributed by atoms with van der Waals surface area (Å²) < 4.78 is 27.4. The highest BCUT2D eigenvalue weighted by molar-refractivity contribution is 7.89. The van der Waals surface area contributed by atoms with Crippen LogP contribution in [-0.4, -0.2) is 62.2 Å². The molecule has 1 N–H and O–H groups in total. The number of fused-ring (bicyclic) bond motifs is 1. The third-order valence-electron chi connectivity index (χ3n) is 6.34. The predicted molar refractivity (Wildman–Crippen MR) is 132 cm³/mol. The first-order valence-electron chi connectivity index (χ1n) is 11.4. The van der Waals surface area contributed by atoms with E-state index in [1.807, 2.05) is 56.3 Å². The van der Waals surface area contributed by atoms with Gasteiger partial charge in [-0.15, -0.1) is 0 Å². The number of carbonyl (C=O) groups is 2. The van der Waals surface area contributed by atoms with E-state index >= 15 is 0 Å².